The number of unbranched alkanes of at least 4 members (excludes halogenated alkanes) is 1. The lowest BCUT2D eigenvalue weighted by Crippen LogP contribution is -2.27. The average Bonchev–Trinajstić information content (AvgIpc) is 3.41. The summed E-state index contributed by atoms with van der Waals surface area (Å²) < 4.78 is 10.8. The summed E-state index contributed by atoms with van der Waals surface area (Å²) in [5.74, 6) is -0.178. The van der Waals surface area contributed by atoms with Crippen LogP contribution < -0.4 is 15.0 Å². The maximum Gasteiger partial charge on any atom is 0.511 e. The first-order chi connectivity index (χ1) is 17.9. The number of carboxylic acid groups (broad SMARTS) is 2. The molecule has 0 saturated carbocycles. The Bertz CT molecular complexity index is 1460. The number of rotatable bonds is 9. The van der Waals surface area contributed by atoms with E-state index in [1.807, 2.05) is 55.5 Å². The van der Waals surface area contributed by atoms with Crippen LogP contribution in [0.5, 0.6) is 11.5 Å². The third-order valence-corrected chi connectivity index (χ3v) is 5.62. The maximum atomic E-state index is 13.0. The molecule has 2 aromatic heterocycles. The monoisotopic (exact) mass is 505 g/mol. The molecule has 4 rings (SSSR count). The molecule has 0 saturated heterocycles. The first-order valence-electron chi connectivity index (χ1n) is 11.4. The number of pyridine rings is 1. The van der Waals surface area contributed by atoms with Gasteiger partial charge < -0.3 is 24.3 Å². The van der Waals surface area contributed by atoms with Crippen molar-refractivity contribution >= 4 is 12.3 Å². The Balaban J connectivity index is 1.73. The third kappa shape index (κ3) is 5.81. The van der Waals surface area contributed by atoms with E-state index in [1.165, 1.54) is 4.57 Å². The summed E-state index contributed by atoms with van der Waals surface area (Å²) >= 11 is 0. The molecule has 0 aliphatic rings. The fraction of sp³-hybridized carbons (Fsp3) is 0.200. The van der Waals surface area contributed by atoms with Gasteiger partial charge in [0.2, 0.25) is 5.75 Å². The van der Waals surface area contributed by atoms with Crippen molar-refractivity contribution in [1.29, 1.82) is 0 Å². The fourth-order valence-electron chi connectivity index (χ4n) is 3.95. The van der Waals surface area contributed by atoms with E-state index in [4.69, 9.17) is 9.84 Å². The van der Waals surface area contributed by atoms with Gasteiger partial charge in [-0.15, -0.1) is 5.10 Å². The van der Waals surface area contributed by atoms with E-state index < -0.39 is 23.6 Å². The topological polar surface area (TPSA) is 170 Å². The van der Waals surface area contributed by atoms with Crippen molar-refractivity contribution in [2.75, 3.05) is 0 Å². The molecule has 0 radical (unpaired) electrons. The minimum atomic E-state index is -1.69. The molecule has 0 aliphatic carbocycles. The second kappa shape index (κ2) is 11.2. The molecule has 0 fully saturated rings. The zero-order chi connectivity index (χ0) is 26.4. The molecule has 190 valence electrons. The van der Waals surface area contributed by atoms with E-state index in [1.54, 1.807) is 0 Å². The second-order valence-electron chi connectivity index (χ2n) is 8.03. The van der Waals surface area contributed by atoms with E-state index in [0.717, 1.165) is 34.7 Å². The van der Waals surface area contributed by atoms with Gasteiger partial charge in [0.05, 0.1) is 5.69 Å². The summed E-state index contributed by atoms with van der Waals surface area (Å²) in [5.41, 5.74) is 2.99. The van der Waals surface area contributed by atoms with Crippen LogP contribution in [0.3, 0.4) is 0 Å². The second-order valence-corrected chi connectivity index (χ2v) is 8.03. The average molecular weight is 505 g/mol. The third-order valence-electron chi connectivity index (χ3n) is 5.62. The van der Waals surface area contributed by atoms with Crippen LogP contribution in [-0.4, -0.2) is 47.7 Å². The molecule has 0 unspecified atom stereocenters. The molecular formula is C25H23N5O7. The lowest BCUT2D eigenvalue weighted by molar-refractivity contribution is 0.141. The van der Waals surface area contributed by atoms with Crippen LogP contribution in [0.15, 0.2) is 59.4 Å². The van der Waals surface area contributed by atoms with Crippen LogP contribution >= 0.6 is 0 Å². The van der Waals surface area contributed by atoms with Gasteiger partial charge in [-0.3, -0.25) is 4.79 Å². The number of aromatic nitrogens is 5. The van der Waals surface area contributed by atoms with Crippen LogP contribution in [0, 0.1) is 0 Å². The summed E-state index contributed by atoms with van der Waals surface area (Å²) in [6.07, 6.45) is -1.78. The van der Waals surface area contributed by atoms with Crippen molar-refractivity contribution in [2.24, 2.45) is 0 Å². The standard InChI is InChI=1S/C25H23N5O7/c1-2-3-12-30-19(20(36-24(32)33)14-21(23(30)31)37-25(34)35)13-15-8-10-16(11-9-15)17-6-4-5-7-18(17)22-26-28-29-27-22/h4-11,14H,2-3,12-13H2,1H3,(H,32,33)(H,34,35)(H,26,27,28,29). The van der Waals surface area contributed by atoms with Gasteiger partial charge in [0, 0.05) is 24.6 Å². The lowest BCUT2D eigenvalue weighted by Gasteiger charge is -2.18. The molecule has 12 nitrogen and oxygen atoms in total. The summed E-state index contributed by atoms with van der Waals surface area (Å²) in [7, 11) is 0. The molecule has 0 aliphatic heterocycles. The molecule has 37 heavy (non-hydrogen) atoms. The summed E-state index contributed by atoms with van der Waals surface area (Å²) in [6, 6.07) is 16.1. The predicted octanol–water partition coefficient (Wildman–Crippen LogP) is 4.20. The van der Waals surface area contributed by atoms with Gasteiger partial charge in [-0.1, -0.05) is 61.9 Å². The number of aromatic amines is 1. The van der Waals surface area contributed by atoms with Crippen molar-refractivity contribution in [2.45, 2.75) is 32.7 Å². The molecular weight excluding hydrogens is 482 g/mol. The van der Waals surface area contributed by atoms with Gasteiger partial charge in [-0.05, 0) is 33.5 Å². The summed E-state index contributed by atoms with van der Waals surface area (Å²) in [5, 5.41) is 32.3. The van der Waals surface area contributed by atoms with Crippen molar-refractivity contribution in [3.8, 4) is 34.0 Å². The van der Waals surface area contributed by atoms with Crippen LogP contribution in [0.2, 0.25) is 0 Å². The largest absolute Gasteiger partial charge is 0.511 e. The zero-order valence-corrected chi connectivity index (χ0v) is 19.7. The number of nitrogens with zero attached hydrogens (tertiary/aromatic N) is 4. The van der Waals surface area contributed by atoms with Gasteiger partial charge in [-0.25, -0.2) is 14.7 Å². The van der Waals surface area contributed by atoms with Crippen molar-refractivity contribution in [1.82, 2.24) is 25.2 Å². The Labute approximate surface area is 210 Å². The van der Waals surface area contributed by atoms with E-state index in [2.05, 4.69) is 25.4 Å². The van der Waals surface area contributed by atoms with Crippen LogP contribution in [0.4, 0.5) is 9.59 Å². The molecule has 12 heteroatoms. The number of benzene rings is 2. The Morgan fingerprint density at radius 1 is 0.973 bits per heavy atom. The maximum absolute atomic E-state index is 13.0. The SMILES string of the molecule is CCCCn1c(Cc2ccc(-c3ccccc3-c3nnn[nH]3)cc2)c(OC(=O)O)cc(OC(=O)O)c1=O. The molecule has 0 amide bonds. The number of H-pyrrole nitrogens is 1. The quantitative estimate of drug-likeness (QED) is 0.280. The Kier molecular flexibility index (Phi) is 7.57. The minimum absolute atomic E-state index is 0.156. The highest BCUT2D eigenvalue weighted by molar-refractivity contribution is 5.80. The van der Waals surface area contributed by atoms with Crippen molar-refractivity contribution < 1.29 is 29.3 Å². The van der Waals surface area contributed by atoms with Gasteiger partial charge in [0.1, 0.15) is 0 Å². The Hall–Kier alpha value is -5.00. The van der Waals surface area contributed by atoms with Gasteiger partial charge in [0.25, 0.3) is 5.56 Å². The molecule has 3 N–H and O–H groups in total. The fourth-order valence-corrected chi connectivity index (χ4v) is 3.95. The molecule has 2 aromatic carbocycles. The molecule has 4 aromatic rings. The van der Waals surface area contributed by atoms with E-state index >= 15 is 0 Å². The van der Waals surface area contributed by atoms with Crippen LogP contribution in [0.1, 0.15) is 31.0 Å². The lowest BCUT2D eigenvalue weighted by atomic mass is 9.97. The zero-order valence-electron chi connectivity index (χ0n) is 19.7. The molecule has 0 atom stereocenters. The predicted molar refractivity (Wildman–Crippen MR) is 131 cm³/mol. The van der Waals surface area contributed by atoms with E-state index in [9.17, 15) is 19.5 Å². The molecule has 0 spiro atoms. The number of carbonyl (C=O) groups is 2. The highest BCUT2D eigenvalue weighted by Crippen LogP contribution is 2.31. The number of hydrogen-bond acceptors (Lipinski definition) is 8. The number of tetrazole rings is 1. The first-order valence-corrected chi connectivity index (χ1v) is 11.4. The van der Waals surface area contributed by atoms with Gasteiger partial charge >= 0.3 is 12.3 Å². The van der Waals surface area contributed by atoms with E-state index in [0.29, 0.717) is 17.9 Å². The van der Waals surface area contributed by atoms with Crippen molar-refractivity contribution in [3.63, 3.8) is 0 Å². The summed E-state index contributed by atoms with van der Waals surface area (Å²) in [6.45, 7) is 2.16. The minimum Gasteiger partial charge on any atom is -0.449 e. The number of ether oxygens (including phenoxy) is 2. The van der Waals surface area contributed by atoms with E-state index in [-0.39, 0.29) is 18.7 Å². The normalized spacial score (nSPS) is 10.7. The Morgan fingerprint density at radius 2 is 1.65 bits per heavy atom. The first kappa shape index (κ1) is 25.1. The van der Waals surface area contributed by atoms with Crippen LogP contribution in [0.25, 0.3) is 22.5 Å². The van der Waals surface area contributed by atoms with Gasteiger partial charge in [0.15, 0.2) is 11.6 Å². The highest BCUT2D eigenvalue weighted by atomic mass is 16.7. The number of hydrogen-bond donors (Lipinski definition) is 3. The highest BCUT2D eigenvalue weighted by Gasteiger charge is 2.21. The summed E-state index contributed by atoms with van der Waals surface area (Å²) in [4.78, 5) is 35.4. The van der Waals surface area contributed by atoms with Crippen molar-refractivity contribution in [3.05, 3.63) is 76.2 Å². The molecule has 2 heterocycles. The smallest absolute Gasteiger partial charge is 0.449 e. The van der Waals surface area contributed by atoms with Crippen LogP contribution in [-0.2, 0) is 13.0 Å². The van der Waals surface area contributed by atoms with Gasteiger partial charge in [-0.2, -0.15) is 0 Å². The number of nitrogens with one attached hydrogen (secondary N) is 1. The Morgan fingerprint density at radius 3 is 2.27 bits per heavy atom. The molecule has 0 bridgehead atoms.